The third-order valence-electron chi connectivity index (χ3n) is 16.1. The van der Waals surface area contributed by atoms with Crippen molar-refractivity contribution in [1.29, 1.82) is 0 Å². The summed E-state index contributed by atoms with van der Waals surface area (Å²) in [6.07, 6.45) is 1.57. The van der Waals surface area contributed by atoms with Gasteiger partial charge in [-0.05, 0) is 115 Å². The predicted octanol–water partition coefficient (Wildman–Crippen LogP) is 7.31. The van der Waals surface area contributed by atoms with E-state index in [-0.39, 0.29) is 84.1 Å². The smallest absolute Gasteiger partial charge is 0.329 e. The van der Waals surface area contributed by atoms with Gasteiger partial charge in [0.2, 0.25) is 29.4 Å². The standard InChI is InChI=1S/C68H90N6O17S/c1-11-51(48-35-57(84-8)61(86-10)58(36-48)85-9)65(79)73-27-13-12-17-52(73)67(81)91-54(24-20-44-21-25-55(82-6)56(33-44)83-7)47-15-14-16-50(34-47)90-41-59(76)69-26-28-87-29-30-88-31-32-89-40-60(77)72-63(68(3,4)5)66(80)74-39-49(75)37-53(74)64(78)70-38-45-18-22-46(23-19-45)62-43(2)71-42-92-62/h14-16,18-19,21-23,25,33-36,42,49,51-54,63,75H,11-13,17,20,24,26-32,37-41H2,1-10H3,(H,69,76)(H,70,78)(H,72,77)/t49-,51+,52?,53+,54-,63-/m1/s1. The molecule has 24 heteroatoms. The van der Waals surface area contributed by atoms with Crippen molar-refractivity contribution in [2.24, 2.45) is 5.41 Å². The normalized spacial score (nSPS) is 16.6. The number of nitrogens with zero attached hydrogens (tertiary/aromatic N) is 3. The largest absolute Gasteiger partial charge is 0.493 e. The zero-order chi connectivity index (χ0) is 66.3. The number of hydrogen-bond acceptors (Lipinski definition) is 19. The molecule has 92 heavy (non-hydrogen) atoms. The summed E-state index contributed by atoms with van der Waals surface area (Å²) in [5, 5.41) is 19.1. The van der Waals surface area contributed by atoms with Gasteiger partial charge in [-0.25, -0.2) is 9.78 Å². The first kappa shape index (κ1) is 71.4. The Balaban J connectivity index is 0.828. The molecule has 500 valence electrons. The van der Waals surface area contributed by atoms with Gasteiger partial charge in [0, 0.05) is 32.6 Å². The summed E-state index contributed by atoms with van der Waals surface area (Å²) >= 11 is 1.56. The SMILES string of the molecule is CC[C@H](C(=O)N1CCCCC1C(=O)O[C@H](CCc1ccc(OC)c(OC)c1)c1cccc(OCC(=O)NCCOCCOCCOCC(=O)N[C@H](C(=O)N2C[C@H](O)C[C@H]2C(=O)NCc2ccc(-c3scnc3C)cc2)C(C)(C)C)c1)c1cc(OC)c(OC)c(OC)c1. The highest BCUT2D eigenvalue weighted by Gasteiger charge is 2.45. The number of aryl methyl sites for hydroxylation is 2. The minimum absolute atomic E-state index is 0.0485. The lowest BCUT2D eigenvalue weighted by atomic mass is 9.85. The number of hydrogen-bond donors (Lipinski definition) is 4. The van der Waals surface area contributed by atoms with Gasteiger partial charge in [0.05, 0.1) is 96.7 Å². The van der Waals surface area contributed by atoms with E-state index in [0.29, 0.717) is 77.9 Å². The molecule has 1 aromatic heterocycles. The van der Waals surface area contributed by atoms with Crippen molar-refractivity contribution >= 4 is 46.8 Å². The Morgan fingerprint density at radius 2 is 1.39 bits per heavy atom. The van der Waals surface area contributed by atoms with Gasteiger partial charge in [-0.3, -0.25) is 24.0 Å². The van der Waals surface area contributed by atoms with E-state index >= 15 is 0 Å². The van der Waals surface area contributed by atoms with Crippen LogP contribution in [0.3, 0.4) is 0 Å². The van der Waals surface area contributed by atoms with Crippen molar-refractivity contribution in [2.45, 2.75) is 122 Å². The maximum atomic E-state index is 14.6. The molecule has 4 aromatic carbocycles. The highest BCUT2D eigenvalue weighted by Crippen LogP contribution is 2.42. The van der Waals surface area contributed by atoms with Crippen molar-refractivity contribution in [3.63, 3.8) is 0 Å². The topological polar surface area (TPSA) is 270 Å². The van der Waals surface area contributed by atoms with Gasteiger partial charge in [-0.15, -0.1) is 11.3 Å². The fraction of sp³-hybridized carbons (Fsp3) is 0.515. The third kappa shape index (κ3) is 19.7. The highest BCUT2D eigenvalue weighted by atomic mass is 32.1. The van der Waals surface area contributed by atoms with Crippen LogP contribution in [0.1, 0.15) is 106 Å². The first-order valence-electron chi connectivity index (χ1n) is 31.1. The third-order valence-corrected chi connectivity index (χ3v) is 17.1. The molecule has 5 amide bonds. The second-order valence-electron chi connectivity index (χ2n) is 23.5. The number of aliphatic hydroxyl groups excluding tert-OH is 1. The van der Waals surface area contributed by atoms with Gasteiger partial charge >= 0.3 is 5.97 Å². The average Bonchev–Trinajstić information content (AvgIpc) is 1.29. The molecular weight excluding hydrogens is 1200 g/mol. The van der Waals surface area contributed by atoms with Gasteiger partial charge in [-0.1, -0.05) is 70.2 Å². The molecule has 0 saturated carbocycles. The number of nitrogens with one attached hydrogen (secondary N) is 3. The van der Waals surface area contributed by atoms with Gasteiger partial charge < -0.3 is 78.2 Å². The highest BCUT2D eigenvalue weighted by molar-refractivity contribution is 7.13. The molecule has 0 aliphatic carbocycles. The fourth-order valence-corrected chi connectivity index (χ4v) is 12.0. The van der Waals surface area contributed by atoms with Crippen LogP contribution in [0.4, 0.5) is 0 Å². The van der Waals surface area contributed by atoms with Crippen molar-refractivity contribution in [3.05, 3.63) is 112 Å². The number of amides is 5. The number of methoxy groups -OCH3 is 5. The molecule has 2 fully saturated rings. The second-order valence-corrected chi connectivity index (χ2v) is 24.4. The van der Waals surface area contributed by atoms with Gasteiger partial charge in [0.1, 0.15) is 36.6 Å². The summed E-state index contributed by atoms with van der Waals surface area (Å²) in [7, 11) is 7.69. The quantitative estimate of drug-likeness (QED) is 0.0232. The first-order chi connectivity index (χ1) is 44.3. The van der Waals surface area contributed by atoms with Crippen molar-refractivity contribution in [2.75, 3.05) is 101 Å². The molecule has 5 aromatic rings. The number of benzene rings is 4. The lowest BCUT2D eigenvalue weighted by molar-refractivity contribution is -0.162. The predicted molar refractivity (Wildman–Crippen MR) is 344 cm³/mol. The molecule has 2 aliphatic rings. The molecule has 23 nitrogen and oxygen atoms in total. The maximum Gasteiger partial charge on any atom is 0.329 e. The van der Waals surface area contributed by atoms with Crippen LogP contribution in [0, 0.1) is 12.3 Å². The number of aromatic nitrogens is 1. The van der Waals surface area contributed by atoms with Crippen LogP contribution in [0.5, 0.6) is 34.5 Å². The lowest BCUT2D eigenvalue weighted by Crippen LogP contribution is -2.58. The maximum absolute atomic E-state index is 14.6. The van der Waals surface area contributed by atoms with E-state index in [1.807, 2.05) is 83.1 Å². The summed E-state index contributed by atoms with van der Waals surface area (Å²) in [5.41, 5.74) is 6.13. The van der Waals surface area contributed by atoms with E-state index in [1.54, 1.807) is 66.3 Å². The molecule has 6 atom stereocenters. The molecule has 3 heterocycles. The summed E-state index contributed by atoms with van der Waals surface area (Å²) < 4.78 is 56.9. The molecule has 4 N–H and O–H groups in total. The minimum Gasteiger partial charge on any atom is -0.493 e. The lowest BCUT2D eigenvalue weighted by Gasteiger charge is -2.37. The number of ether oxygens (including phenoxy) is 10. The Morgan fingerprint density at radius 3 is 2.04 bits per heavy atom. The van der Waals surface area contributed by atoms with Gasteiger partial charge in [0.25, 0.3) is 5.91 Å². The van der Waals surface area contributed by atoms with Gasteiger partial charge in [-0.2, -0.15) is 0 Å². The molecule has 0 radical (unpaired) electrons. The Morgan fingerprint density at radius 1 is 0.707 bits per heavy atom. The number of carbonyl (C=O) groups is 6. The van der Waals surface area contributed by atoms with Crippen molar-refractivity contribution in [1.82, 2.24) is 30.7 Å². The fourth-order valence-electron chi connectivity index (χ4n) is 11.2. The van der Waals surface area contributed by atoms with E-state index in [4.69, 9.17) is 47.4 Å². The number of rotatable bonds is 34. The number of likely N-dealkylation sites (tertiary alicyclic amines) is 2. The molecule has 0 bridgehead atoms. The van der Waals surface area contributed by atoms with Crippen molar-refractivity contribution in [3.8, 4) is 44.9 Å². The Kier molecular flexibility index (Phi) is 27.3. The molecule has 2 saturated heterocycles. The van der Waals surface area contributed by atoms with Crippen LogP contribution < -0.4 is 44.4 Å². The Bertz CT molecular complexity index is 3220. The monoisotopic (exact) mass is 1290 g/mol. The molecule has 7 rings (SSSR count). The second kappa shape index (κ2) is 35.1. The van der Waals surface area contributed by atoms with E-state index in [2.05, 4.69) is 20.9 Å². The minimum atomic E-state index is -1.01. The Hall–Kier alpha value is -8.03. The van der Waals surface area contributed by atoms with Crippen LogP contribution >= 0.6 is 11.3 Å². The van der Waals surface area contributed by atoms with E-state index in [1.165, 1.54) is 26.2 Å². The molecular formula is C68H90N6O17S. The average molecular weight is 1300 g/mol. The van der Waals surface area contributed by atoms with Crippen LogP contribution in [-0.2, 0) is 60.7 Å². The zero-order valence-electron chi connectivity index (χ0n) is 54.5. The first-order valence-corrected chi connectivity index (χ1v) is 32.0. The summed E-state index contributed by atoms with van der Waals surface area (Å²) in [5.74, 6) is -0.363. The van der Waals surface area contributed by atoms with Crippen LogP contribution in [0.15, 0.2) is 84.4 Å². The van der Waals surface area contributed by atoms with E-state index in [9.17, 15) is 33.9 Å². The summed E-state index contributed by atoms with van der Waals surface area (Å²) in [6.45, 7) is 10.3. The van der Waals surface area contributed by atoms with Gasteiger partial charge in [0.15, 0.2) is 29.6 Å². The number of β-amino-alcohol motifs (C(OH)–C–C–N with tert-alkyl or cyclic N) is 1. The van der Waals surface area contributed by atoms with Crippen LogP contribution in [0.25, 0.3) is 10.4 Å². The molecule has 0 spiro atoms. The summed E-state index contributed by atoms with van der Waals surface area (Å²) in [6, 6.07) is 21.3. The van der Waals surface area contributed by atoms with Crippen LogP contribution in [-0.4, -0.2) is 181 Å². The van der Waals surface area contributed by atoms with E-state index in [0.717, 1.165) is 40.1 Å². The van der Waals surface area contributed by atoms with Crippen LogP contribution in [0.2, 0.25) is 0 Å². The number of piperidine rings is 1. The molecule has 1 unspecified atom stereocenters. The number of thiazole rings is 1. The molecule has 2 aliphatic heterocycles. The number of aliphatic hydroxyl groups is 1. The zero-order valence-corrected chi connectivity index (χ0v) is 55.3. The summed E-state index contributed by atoms with van der Waals surface area (Å²) in [4.78, 5) is 91.1. The number of carbonyl (C=O) groups excluding carboxylic acids is 6. The Labute approximate surface area is 543 Å². The number of esters is 1. The van der Waals surface area contributed by atoms with Crippen molar-refractivity contribution < 1.29 is 81.2 Å². The van der Waals surface area contributed by atoms with E-state index < -0.39 is 65.4 Å².